The SMILES string of the molecule is O=C(Cn1cccnc1=O)Nc1ncc(Cc2cccc(F)c2)s1. The Morgan fingerprint density at radius 1 is 1.29 bits per heavy atom. The maximum atomic E-state index is 13.2. The lowest BCUT2D eigenvalue weighted by molar-refractivity contribution is -0.116. The van der Waals surface area contributed by atoms with Crippen molar-refractivity contribution in [3.63, 3.8) is 0 Å². The molecule has 3 aromatic rings. The van der Waals surface area contributed by atoms with Crippen LogP contribution in [0, 0.1) is 5.82 Å². The lowest BCUT2D eigenvalue weighted by Crippen LogP contribution is -2.28. The second-order valence-corrected chi connectivity index (χ2v) is 6.13. The van der Waals surface area contributed by atoms with Crippen molar-refractivity contribution in [2.75, 3.05) is 5.32 Å². The first-order valence-corrected chi connectivity index (χ1v) is 7.92. The molecule has 24 heavy (non-hydrogen) atoms. The van der Waals surface area contributed by atoms with E-state index in [0.29, 0.717) is 11.6 Å². The molecule has 0 bridgehead atoms. The zero-order valence-electron chi connectivity index (χ0n) is 12.5. The Hall–Kier alpha value is -2.87. The number of thiazole rings is 1. The van der Waals surface area contributed by atoms with E-state index in [1.807, 2.05) is 6.07 Å². The Bertz CT molecular complexity index is 922. The second-order valence-electron chi connectivity index (χ2n) is 5.02. The average Bonchev–Trinajstić information content (AvgIpc) is 2.96. The summed E-state index contributed by atoms with van der Waals surface area (Å²) in [5.41, 5.74) is 0.344. The number of carbonyl (C=O) groups is 1. The first kappa shape index (κ1) is 16.0. The predicted molar refractivity (Wildman–Crippen MR) is 88.4 cm³/mol. The van der Waals surface area contributed by atoms with Gasteiger partial charge < -0.3 is 5.32 Å². The van der Waals surface area contributed by atoms with Crippen LogP contribution < -0.4 is 11.0 Å². The molecular weight excluding hydrogens is 331 g/mol. The number of rotatable bonds is 5. The van der Waals surface area contributed by atoms with E-state index in [9.17, 15) is 14.0 Å². The minimum absolute atomic E-state index is 0.133. The minimum Gasteiger partial charge on any atom is -0.300 e. The van der Waals surface area contributed by atoms with E-state index in [2.05, 4.69) is 15.3 Å². The van der Waals surface area contributed by atoms with Gasteiger partial charge in [0.25, 0.3) is 0 Å². The first-order valence-electron chi connectivity index (χ1n) is 7.10. The molecule has 122 valence electrons. The van der Waals surface area contributed by atoms with Crippen molar-refractivity contribution in [1.82, 2.24) is 14.5 Å². The molecule has 1 amide bonds. The van der Waals surface area contributed by atoms with Gasteiger partial charge in [-0.3, -0.25) is 9.36 Å². The van der Waals surface area contributed by atoms with Gasteiger partial charge in [-0.2, -0.15) is 0 Å². The summed E-state index contributed by atoms with van der Waals surface area (Å²) in [6, 6.07) is 7.92. The maximum absolute atomic E-state index is 13.2. The van der Waals surface area contributed by atoms with Gasteiger partial charge in [0.15, 0.2) is 5.13 Å². The summed E-state index contributed by atoms with van der Waals surface area (Å²) in [6.45, 7) is -0.133. The van der Waals surface area contributed by atoms with Crippen LogP contribution in [0.3, 0.4) is 0 Å². The normalized spacial score (nSPS) is 10.5. The number of nitrogens with one attached hydrogen (secondary N) is 1. The van der Waals surface area contributed by atoms with Crippen LogP contribution in [0.25, 0.3) is 0 Å². The highest BCUT2D eigenvalue weighted by atomic mass is 32.1. The average molecular weight is 344 g/mol. The molecule has 8 heteroatoms. The molecule has 6 nitrogen and oxygen atoms in total. The first-order chi connectivity index (χ1) is 11.6. The summed E-state index contributed by atoms with van der Waals surface area (Å²) in [4.78, 5) is 32.0. The van der Waals surface area contributed by atoms with E-state index < -0.39 is 5.69 Å². The van der Waals surface area contributed by atoms with Crippen LogP contribution in [0.2, 0.25) is 0 Å². The lowest BCUT2D eigenvalue weighted by Gasteiger charge is -2.03. The van der Waals surface area contributed by atoms with Crippen molar-refractivity contribution in [2.24, 2.45) is 0 Å². The Balaban J connectivity index is 1.62. The molecule has 1 aromatic carbocycles. The van der Waals surface area contributed by atoms with Gasteiger partial charge in [-0.05, 0) is 23.8 Å². The summed E-state index contributed by atoms with van der Waals surface area (Å²) in [5, 5.41) is 3.08. The van der Waals surface area contributed by atoms with E-state index in [1.54, 1.807) is 18.3 Å². The smallest absolute Gasteiger partial charge is 0.300 e. The third-order valence-corrected chi connectivity index (χ3v) is 4.08. The van der Waals surface area contributed by atoms with Crippen LogP contribution in [0.5, 0.6) is 0 Å². The van der Waals surface area contributed by atoms with Crippen molar-refractivity contribution in [3.8, 4) is 0 Å². The number of hydrogen-bond acceptors (Lipinski definition) is 5. The molecule has 0 aliphatic carbocycles. The molecule has 0 saturated heterocycles. The zero-order valence-corrected chi connectivity index (χ0v) is 13.3. The highest BCUT2D eigenvalue weighted by Crippen LogP contribution is 2.21. The summed E-state index contributed by atoms with van der Waals surface area (Å²) >= 11 is 1.31. The number of nitrogens with zero attached hydrogens (tertiary/aromatic N) is 3. The van der Waals surface area contributed by atoms with Crippen molar-refractivity contribution >= 4 is 22.4 Å². The highest BCUT2D eigenvalue weighted by molar-refractivity contribution is 7.15. The molecule has 0 aliphatic heterocycles. The standard InChI is InChI=1S/C16H13FN4O2S/c17-12-4-1-3-11(7-12)8-13-9-19-15(24-13)20-14(22)10-21-6-2-5-18-16(21)23/h1-7,9H,8,10H2,(H,19,20,22). The molecule has 0 spiro atoms. The third-order valence-electron chi connectivity index (χ3n) is 3.16. The quantitative estimate of drug-likeness (QED) is 0.769. The second kappa shape index (κ2) is 7.14. The molecule has 1 N–H and O–H groups in total. The summed E-state index contributed by atoms with van der Waals surface area (Å²) in [7, 11) is 0. The van der Waals surface area contributed by atoms with Crippen molar-refractivity contribution < 1.29 is 9.18 Å². The molecule has 0 aliphatic rings. The Labute approximate surface area is 140 Å². The Morgan fingerprint density at radius 3 is 2.96 bits per heavy atom. The van der Waals surface area contributed by atoms with Gasteiger partial charge in [-0.25, -0.2) is 19.2 Å². The lowest BCUT2D eigenvalue weighted by atomic mass is 10.1. The van der Waals surface area contributed by atoms with E-state index in [0.717, 1.165) is 10.4 Å². The highest BCUT2D eigenvalue weighted by Gasteiger charge is 2.09. The molecule has 0 atom stereocenters. The fraction of sp³-hybridized carbons (Fsp3) is 0.125. The molecular formula is C16H13FN4O2S. The number of benzene rings is 1. The van der Waals surface area contributed by atoms with Crippen LogP contribution in [-0.2, 0) is 17.8 Å². The van der Waals surface area contributed by atoms with Gasteiger partial charge in [0.1, 0.15) is 12.4 Å². The van der Waals surface area contributed by atoms with Crippen molar-refractivity contribution in [2.45, 2.75) is 13.0 Å². The summed E-state index contributed by atoms with van der Waals surface area (Å²) in [5.74, 6) is -0.649. The zero-order chi connectivity index (χ0) is 16.9. The molecule has 0 fully saturated rings. The van der Waals surface area contributed by atoms with Gasteiger partial charge in [-0.15, -0.1) is 11.3 Å². The van der Waals surface area contributed by atoms with Gasteiger partial charge in [0, 0.05) is 29.9 Å². The molecule has 2 aromatic heterocycles. The fourth-order valence-corrected chi connectivity index (χ4v) is 2.98. The molecule has 0 radical (unpaired) electrons. The van der Waals surface area contributed by atoms with Gasteiger partial charge in [0.2, 0.25) is 5.91 Å². The summed E-state index contributed by atoms with van der Waals surface area (Å²) < 4.78 is 14.4. The monoisotopic (exact) mass is 344 g/mol. The van der Waals surface area contributed by atoms with Gasteiger partial charge in [0.05, 0.1) is 0 Å². The Morgan fingerprint density at radius 2 is 2.17 bits per heavy atom. The molecule has 3 rings (SSSR count). The van der Waals surface area contributed by atoms with Gasteiger partial charge in [-0.1, -0.05) is 12.1 Å². The van der Waals surface area contributed by atoms with E-state index in [-0.39, 0.29) is 18.3 Å². The number of hydrogen-bond donors (Lipinski definition) is 1. The maximum Gasteiger partial charge on any atom is 0.347 e. The van der Waals surface area contributed by atoms with Crippen LogP contribution in [0.1, 0.15) is 10.4 Å². The molecule has 0 unspecified atom stereocenters. The predicted octanol–water partition coefficient (Wildman–Crippen LogP) is 2.07. The van der Waals surface area contributed by atoms with Crippen molar-refractivity contribution in [3.05, 3.63) is 75.7 Å². The van der Waals surface area contributed by atoms with Crippen LogP contribution >= 0.6 is 11.3 Å². The molecule has 0 saturated carbocycles. The fourth-order valence-electron chi connectivity index (χ4n) is 2.12. The Kier molecular flexibility index (Phi) is 4.76. The minimum atomic E-state index is -0.487. The van der Waals surface area contributed by atoms with Crippen molar-refractivity contribution in [1.29, 1.82) is 0 Å². The van der Waals surface area contributed by atoms with Crippen LogP contribution in [0.15, 0.2) is 53.7 Å². The number of carbonyl (C=O) groups excluding carboxylic acids is 1. The van der Waals surface area contributed by atoms with Crippen LogP contribution in [-0.4, -0.2) is 20.4 Å². The number of amides is 1. The van der Waals surface area contributed by atoms with E-state index >= 15 is 0 Å². The van der Waals surface area contributed by atoms with Gasteiger partial charge >= 0.3 is 5.69 Å². The summed E-state index contributed by atoms with van der Waals surface area (Å²) in [6.07, 6.45) is 5.04. The van der Waals surface area contributed by atoms with Crippen LogP contribution in [0.4, 0.5) is 9.52 Å². The number of anilines is 1. The third kappa shape index (κ3) is 4.11. The van der Waals surface area contributed by atoms with E-state index in [4.69, 9.17) is 0 Å². The molecule has 2 heterocycles. The number of aromatic nitrogens is 3. The number of halogens is 1. The largest absolute Gasteiger partial charge is 0.347 e. The topological polar surface area (TPSA) is 76.9 Å². The van der Waals surface area contributed by atoms with E-state index in [1.165, 1.54) is 40.4 Å².